The van der Waals surface area contributed by atoms with Gasteiger partial charge in [0, 0.05) is 5.56 Å². The molecular formula is C19H20F3N3O5. The molecule has 0 aliphatic heterocycles. The number of aliphatic hydroxyl groups excluding tert-OH is 2. The summed E-state index contributed by atoms with van der Waals surface area (Å²) in [5.74, 6) is -4.55. The van der Waals surface area contributed by atoms with E-state index in [1.54, 1.807) is 13.0 Å². The summed E-state index contributed by atoms with van der Waals surface area (Å²) in [6.07, 6.45) is 0.815. The second kappa shape index (κ2) is 11.1. The Bertz CT molecular complexity index is 925. The minimum atomic E-state index is -1.46. The zero-order valence-corrected chi connectivity index (χ0v) is 15.9. The quantitative estimate of drug-likeness (QED) is 0.263. The average molecular weight is 427 g/mol. The van der Waals surface area contributed by atoms with Gasteiger partial charge in [0.1, 0.15) is 12.4 Å². The fraction of sp³-hybridized carbons (Fsp3) is 0.263. The predicted octanol–water partition coefficient (Wildman–Crippen LogP) is 2.15. The molecule has 0 saturated carbocycles. The minimum Gasteiger partial charge on any atom is -0.394 e. The first kappa shape index (κ1) is 23.1. The van der Waals surface area contributed by atoms with Crippen LogP contribution in [-0.2, 0) is 9.68 Å². The first-order chi connectivity index (χ1) is 14.4. The van der Waals surface area contributed by atoms with Crippen molar-refractivity contribution >= 4 is 23.5 Å². The van der Waals surface area contributed by atoms with Gasteiger partial charge in [-0.05, 0) is 30.7 Å². The number of nitrogens with zero attached hydrogens (tertiary/aromatic N) is 1. The number of hydrogen-bond acceptors (Lipinski definition) is 7. The highest BCUT2D eigenvalue weighted by Crippen LogP contribution is 2.30. The number of aryl methyl sites for hydroxylation is 1. The highest BCUT2D eigenvalue weighted by molar-refractivity contribution is 6.01. The summed E-state index contributed by atoms with van der Waals surface area (Å²) < 4.78 is 43.4. The number of amides is 1. The maximum absolute atomic E-state index is 14.8. The Hall–Kier alpha value is -3.15. The molecule has 2 aromatic carbocycles. The molecule has 30 heavy (non-hydrogen) atoms. The molecule has 0 spiro atoms. The van der Waals surface area contributed by atoms with Gasteiger partial charge in [-0.15, -0.1) is 0 Å². The third-order valence-electron chi connectivity index (χ3n) is 3.67. The number of carbonyl (C=O) groups excluding carboxylic acids is 1. The van der Waals surface area contributed by atoms with Gasteiger partial charge in [-0.1, -0.05) is 11.2 Å². The summed E-state index contributed by atoms with van der Waals surface area (Å²) in [6, 6.07) is 4.99. The number of rotatable bonds is 10. The fourth-order valence-corrected chi connectivity index (χ4v) is 2.30. The Morgan fingerprint density at radius 3 is 2.53 bits per heavy atom. The van der Waals surface area contributed by atoms with Gasteiger partial charge in [-0.25, -0.2) is 18.7 Å². The normalized spacial score (nSPS) is 11.0. The van der Waals surface area contributed by atoms with Crippen molar-refractivity contribution in [2.24, 2.45) is 5.16 Å². The van der Waals surface area contributed by atoms with E-state index in [1.807, 2.05) is 5.48 Å². The molecular weight excluding hydrogens is 407 g/mol. The van der Waals surface area contributed by atoms with Crippen LogP contribution >= 0.6 is 0 Å². The highest BCUT2D eigenvalue weighted by Gasteiger charge is 2.23. The van der Waals surface area contributed by atoms with E-state index < -0.39 is 46.8 Å². The first-order valence-electron chi connectivity index (χ1n) is 8.73. The molecule has 0 atom stereocenters. The maximum Gasteiger partial charge on any atom is 0.277 e. The van der Waals surface area contributed by atoms with Crippen molar-refractivity contribution in [3.05, 3.63) is 58.4 Å². The molecule has 4 N–H and O–H groups in total. The standard InChI is InChI=1S/C19H20F3N3O5/c1-11-2-3-15(14(20)8-11)24-18-13(19(28)25-30-7-5-27)9-12(16(21)17(18)22)10-23-29-6-4-26/h2-3,8-10,24,26-27H,4-7H2,1H3,(H,25,28)/b23-10-. The molecule has 0 saturated heterocycles. The SMILES string of the molecule is Cc1ccc(Nc2c(C(=O)NOCCO)cc(/C=N\OCCO)c(F)c2F)c(F)c1. The molecule has 0 fully saturated rings. The monoisotopic (exact) mass is 427 g/mol. The van der Waals surface area contributed by atoms with Crippen LogP contribution in [0.1, 0.15) is 21.5 Å². The summed E-state index contributed by atoms with van der Waals surface area (Å²) in [6.45, 7) is 0.508. The summed E-state index contributed by atoms with van der Waals surface area (Å²) in [7, 11) is 0. The molecule has 0 bridgehead atoms. The summed E-state index contributed by atoms with van der Waals surface area (Å²) in [5, 5.41) is 23.1. The molecule has 0 unspecified atom stereocenters. The van der Waals surface area contributed by atoms with Crippen molar-refractivity contribution in [1.29, 1.82) is 0 Å². The number of hydroxylamine groups is 1. The summed E-state index contributed by atoms with van der Waals surface area (Å²) >= 11 is 0. The van der Waals surface area contributed by atoms with E-state index in [9.17, 15) is 18.0 Å². The number of hydrogen-bond donors (Lipinski definition) is 4. The van der Waals surface area contributed by atoms with Crippen LogP contribution < -0.4 is 10.8 Å². The summed E-state index contributed by atoms with van der Waals surface area (Å²) in [5.41, 5.74) is 0.903. The van der Waals surface area contributed by atoms with Crippen LogP contribution in [0.4, 0.5) is 24.5 Å². The van der Waals surface area contributed by atoms with E-state index in [-0.39, 0.29) is 25.5 Å². The van der Waals surface area contributed by atoms with Crippen molar-refractivity contribution in [3.8, 4) is 0 Å². The van der Waals surface area contributed by atoms with Gasteiger partial charge in [-0.2, -0.15) is 0 Å². The van der Waals surface area contributed by atoms with Crippen LogP contribution in [0, 0.1) is 24.4 Å². The molecule has 0 heterocycles. The van der Waals surface area contributed by atoms with E-state index in [0.29, 0.717) is 5.56 Å². The second-order valence-electron chi connectivity index (χ2n) is 5.92. The topological polar surface area (TPSA) is 112 Å². The fourth-order valence-electron chi connectivity index (χ4n) is 2.30. The first-order valence-corrected chi connectivity index (χ1v) is 8.73. The number of oxime groups is 1. The minimum absolute atomic E-state index is 0.171. The van der Waals surface area contributed by atoms with Gasteiger partial charge in [0.15, 0.2) is 11.6 Å². The Morgan fingerprint density at radius 1 is 1.13 bits per heavy atom. The molecule has 8 nitrogen and oxygen atoms in total. The smallest absolute Gasteiger partial charge is 0.277 e. The molecule has 0 aliphatic rings. The molecule has 2 rings (SSSR count). The highest BCUT2D eigenvalue weighted by atomic mass is 19.2. The maximum atomic E-state index is 14.8. The lowest BCUT2D eigenvalue weighted by Gasteiger charge is -2.15. The lowest BCUT2D eigenvalue weighted by molar-refractivity contribution is 0.0168. The lowest BCUT2D eigenvalue weighted by atomic mass is 10.1. The zero-order chi connectivity index (χ0) is 22.1. The van der Waals surface area contributed by atoms with Crippen LogP contribution in [0.3, 0.4) is 0 Å². The van der Waals surface area contributed by atoms with E-state index >= 15 is 0 Å². The number of nitrogens with one attached hydrogen (secondary N) is 2. The van der Waals surface area contributed by atoms with Crippen molar-refractivity contribution in [3.63, 3.8) is 0 Å². The Balaban J connectivity index is 2.47. The van der Waals surface area contributed by atoms with E-state index in [4.69, 9.17) is 15.1 Å². The Labute approximate surface area is 169 Å². The van der Waals surface area contributed by atoms with E-state index in [0.717, 1.165) is 12.3 Å². The third kappa shape index (κ3) is 5.92. The molecule has 0 aromatic heterocycles. The van der Waals surface area contributed by atoms with Crippen molar-refractivity contribution in [2.75, 3.05) is 31.7 Å². The molecule has 11 heteroatoms. The summed E-state index contributed by atoms with van der Waals surface area (Å²) in [4.78, 5) is 21.8. The average Bonchev–Trinajstić information content (AvgIpc) is 2.72. The van der Waals surface area contributed by atoms with Gasteiger partial charge in [0.05, 0.1) is 43.0 Å². The number of anilines is 2. The van der Waals surface area contributed by atoms with Crippen molar-refractivity contribution < 1.29 is 37.9 Å². The van der Waals surface area contributed by atoms with Gasteiger partial charge in [-0.3, -0.25) is 9.63 Å². The Kier molecular flexibility index (Phi) is 8.59. The number of aliphatic hydroxyl groups is 2. The molecule has 0 radical (unpaired) electrons. The van der Waals surface area contributed by atoms with Crippen LogP contribution in [0.15, 0.2) is 29.4 Å². The van der Waals surface area contributed by atoms with E-state index in [1.165, 1.54) is 12.1 Å². The lowest BCUT2D eigenvalue weighted by Crippen LogP contribution is -2.26. The largest absolute Gasteiger partial charge is 0.394 e. The predicted molar refractivity (Wildman–Crippen MR) is 102 cm³/mol. The van der Waals surface area contributed by atoms with Gasteiger partial charge < -0.3 is 20.4 Å². The third-order valence-corrected chi connectivity index (χ3v) is 3.67. The van der Waals surface area contributed by atoms with Crippen LogP contribution in [-0.4, -0.2) is 48.8 Å². The van der Waals surface area contributed by atoms with Crippen molar-refractivity contribution in [2.45, 2.75) is 6.92 Å². The molecule has 1 amide bonds. The molecule has 2 aromatic rings. The van der Waals surface area contributed by atoms with Gasteiger partial charge in [0.25, 0.3) is 5.91 Å². The molecule has 0 aliphatic carbocycles. The number of benzene rings is 2. The van der Waals surface area contributed by atoms with E-state index in [2.05, 4.69) is 15.3 Å². The zero-order valence-electron chi connectivity index (χ0n) is 15.9. The van der Waals surface area contributed by atoms with Crippen molar-refractivity contribution in [1.82, 2.24) is 5.48 Å². The molecule has 162 valence electrons. The van der Waals surface area contributed by atoms with Crippen LogP contribution in [0.25, 0.3) is 0 Å². The number of halogens is 3. The second-order valence-corrected chi connectivity index (χ2v) is 5.92. The van der Waals surface area contributed by atoms with Crippen LogP contribution in [0.5, 0.6) is 0 Å². The van der Waals surface area contributed by atoms with Gasteiger partial charge >= 0.3 is 0 Å². The number of carbonyl (C=O) groups is 1. The van der Waals surface area contributed by atoms with Crippen LogP contribution in [0.2, 0.25) is 0 Å². The van der Waals surface area contributed by atoms with Gasteiger partial charge in [0.2, 0.25) is 0 Å². The Morgan fingerprint density at radius 2 is 1.87 bits per heavy atom.